The number of aryl methyl sites for hydroxylation is 2. The minimum Gasteiger partial charge on any atom is -0.257 e. The van der Waals surface area contributed by atoms with Crippen LogP contribution in [0.1, 0.15) is 48.1 Å². The van der Waals surface area contributed by atoms with Crippen LogP contribution in [-0.4, -0.2) is 4.98 Å². The van der Waals surface area contributed by atoms with Gasteiger partial charge in [0.1, 0.15) is 0 Å². The van der Waals surface area contributed by atoms with Crippen molar-refractivity contribution in [1.29, 1.82) is 0 Å². The van der Waals surface area contributed by atoms with E-state index in [1.165, 1.54) is 47.9 Å². The normalized spacial score (nSPS) is 13.5. The maximum atomic E-state index is 4.36. The second-order valence-electron chi connectivity index (χ2n) is 6.11. The number of rotatable bonds is 5. The Kier molecular flexibility index (Phi) is 4.53. The largest absolute Gasteiger partial charge is 0.257 e. The standard InChI is InChI=1S/C21H23N/c1-16(10-11-17(2)21-9-5-6-14-22-21)19-13-12-18-7-3-4-8-20(18)15-19/h5-6,9,12-15H,1-4,7-8,10-11H2. The Labute approximate surface area is 133 Å². The summed E-state index contributed by atoms with van der Waals surface area (Å²) < 4.78 is 0. The molecule has 0 amide bonds. The fraction of sp³-hybridized carbons (Fsp3) is 0.286. The van der Waals surface area contributed by atoms with E-state index in [9.17, 15) is 0 Å². The number of allylic oxidation sites excluding steroid dienone is 2. The lowest BCUT2D eigenvalue weighted by atomic mass is 9.88. The number of pyridine rings is 1. The first-order valence-corrected chi connectivity index (χ1v) is 8.13. The van der Waals surface area contributed by atoms with Crippen LogP contribution < -0.4 is 0 Å². The van der Waals surface area contributed by atoms with E-state index >= 15 is 0 Å². The molecular weight excluding hydrogens is 266 g/mol. The van der Waals surface area contributed by atoms with Crippen LogP contribution in [0.3, 0.4) is 0 Å². The van der Waals surface area contributed by atoms with Crippen molar-refractivity contribution in [3.63, 3.8) is 0 Å². The number of nitrogens with zero attached hydrogens (tertiary/aromatic N) is 1. The molecule has 0 N–H and O–H groups in total. The van der Waals surface area contributed by atoms with Gasteiger partial charge in [0, 0.05) is 6.20 Å². The molecule has 1 aromatic carbocycles. The molecule has 1 heteroatoms. The summed E-state index contributed by atoms with van der Waals surface area (Å²) in [6.07, 6.45) is 8.77. The van der Waals surface area contributed by atoms with Gasteiger partial charge in [0.2, 0.25) is 0 Å². The Morgan fingerprint density at radius 2 is 1.68 bits per heavy atom. The second-order valence-corrected chi connectivity index (χ2v) is 6.11. The molecule has 1 aliphatic rings. The van der Waals surface area contributed by atoms with E-state index in [0.29, 0.717) is 0 Å². The summed E-state index contributed by atoms with van der Waals surface area (Å²) in [5.41, 5.74) is 7.61. The molecule has 0 aliphatic heterocycles. The van der Waals surface area contributed by atoms with Crippen LogP contribution in [0.4, 0.5) is 0 Å². The number of fused-ring (bicyclic) bond motifs is 1. The molecule has 0 spiro atoms. The molecule has 1 nitrogen and oxygen atoms in total. The molecule has 0 fully saturated rings. The summed E-state index contributed by atoms with van der Waals surface area (Å²) in [4.78, 5) is 4.36. The van der Waals surface area contributed by atoms with Crippen molar-refractivity contribution in [1.82, 2.24) is 4.98 Å². The Bertz CT molecular complexity index is 682. The van der Waals surface area contributed by atoms with E-state index in [0.717, 1.165) is 24.1 Å². The second kappa shape index (κ2) is 6.74. The third kappa shape index (κ3) is 3.36. The zero-order valence-corrected chi connectivity index (χ0v) is 13.1. The lowest BCUT2D eigenvalue weighted by molar-refractivity contribution is 0.685. The van der Waals surface area contributed by atoms with Gasteiger partial charge in [0.25, 0.3) is 0 Å². The smallest absolute Gasteiger partial charge is 0.0655 e. The van der Waals surface area contributed by atoms with Crippen LogP contribution >= 0.6 is 0 Å². The summed E-state index contributed by atoms with van der Waals surface area (Å²) in [7, 11) is 0. The highest BCUT2D eigenvalue weighted by molar-refractivity contribution is 5.68. The molecule has 1 aromatic heterocycles. The topological polar surface area (TPSA) is 12.9 Å². The van der Waals surface area contributed by atoms with Crippen LogP contribution in [-0.2, 0) is 12.8 Å². The molecule has 3 rings (SSSR count). The maximum Gasteiger partial charge on any atom is 0.0655 e. The first kappa shape index (κ1) is 14.8. The minimum atomic E-state index is 0.910. The Hall–Kier alpha value is -2.15. The van der Waals surface area contributed by atoms with Crippen molar-refractivity contribution in [2.75, 3.05) is 0 Å². The van der Waals surface area contributed by atoms with Crippen molar-refractivity contribution in [3.8, 4) is 0 Å². The molecule has 112 valence electrons. The zero-order valence-electron chi connectivity index (χ0n) is 13.1. The molecule has 1 aliphatic carbocycles. The fourth-order valence-corrected chi connectivity index (χ4v) is 3.10. The van der Waals surface area contributed by atoms with E-state index in [4.69, 9.17) is 0 Å². The van der Waals surface area contributed by atoms with Crippen LogP contribution in [0.25, 0.3) is 11.1 Å². The predicted octanol–water partition coefficient (Wildman–Crippen LogP) is 5.47. The summed E-state index contributed by atoms with van der Waals surface area (Å²) in [6, 6.07) is 12.8. The average molecular weight is 289 g/mol. The van der Waals surface area contributed by atoms with E-state index in [1.807, 2.05) is 24.4 Å². The van der Waals surface area contributed by atoms with Gasteiger partial charge in [0.05, 0.1) is 5.69 Å². The molecule has 0 saturated carbocycles. The SMILES string of the molecule is C=C(CCC(=C)c1ccccn1)c1ccc2c(c1)CCCC2. The van der Waals surface area contributed by atoms with Crippen molar-refractivity contribution >= 4 is 11.1 Å². The van der Waals surface area contributed by atoms with Gasteiger partial charge in [-0.2, -0.15) is 0 Å². The summed E-state index contributed by atoms with van der Waals surface area (Å²) in [5.74, 6) is 0. The lowest BCUT2D eigenvalue weighted by Crippen LogP contribution is -2.03. The molecule has 0 saturated heterocycles. The number of aromatic nitrogens is 1. The van der Waals surface area contributed by atoms with E-state index in [1.54, 1.807) is 0 Å². The van der Waals surface area contributed by atoms with Crippen LogP contribution in [0.2, 0.25) is 0 Å². The Morgan fingerprint density at radius 1 is 0.909 bits per heavy atom. The maximum absolute atomic E-state index is 4.36. The van der Waals surface area contributed by atoms with Gasteiger partial charge in [-0.15, -0.1) is 0 Å². The predicted molar refractivity (Wildman–Crippen MR) is 94.6 cm³/mol. The quantitative estimate of drug-likeness (QED) is 0.711. The fourth-order valence-electron chi connectivity index (χ4n) is 3.10. The molecule has 2 aromatic rings. The van der Waals surface area contributed by atoms with Gasteiger partial charge in [-0.3, -0.25) is 4.98 Å². The Morgan fingerprint density at radius 3 is 2.45 bits per heavy atom. The van der Waals surface area contributed by atoms with Crippen molar-refractivity contribution in [3.05, 3.63) is 78.1 Å². The highest BCUT2D eigenvalue weighted by Gasteiger charge is 2.11. The lowest BCUT2D eigenvalue weighted by Gasteiger charge is -2.17. The summed E-state index contributed by atoms with van der Waals surface area (Å²) in [6.45, 7) is 8.44. The first-order chi connectivity index (χ1) is 10.7. The number of benzene rings is 1. The molecular formula is C21H23N. The van der Waals surface area contributed by atoms with Gasteiger partial charge in [-0.1, -0.05) is 37.4 Å². The van der Waals surface area contributed by atoms with Crippen LogP contribution in [0.5, 0.6) is 0 Å². The van der Waals surface area contributed by atoms with Gasteiger partial charge in [0.15, 0.2) is 0 Å². The zero-order chi connectivity index (χ0) is 15.4. The summed E-state index contributed by atoms with van der Waals surface area (Å²) in [5, 5.41) is 0. The average Bonchev–Trinajstić information content (AvgIpc) is 2.59. The van der Waals surface area contributed by atoms with Crippen molar-refractivity contribution < 1.29 is 0 Å². The van der Waals surface area contributed by atoms with Crippen LogP contribution in [0, 0.1) is 0 Å². The number of hydrogen-bond acceptors (Lipinski definition) is 1. The minimum absolute atomic E-state index is 0.910. The first-order valence-electron chi connectivity index (χ1n) is 8.13. The molecule has 0 radical (unpaired) electrons. The molecule has 22 heavy (non-hydrogen) atoms. The van der Waals surface area contributed by atoms with Crippen molar-refractivity contribution in [2.24, 2.45) is 0 Å². The van der Waals surface area contributed by atoms with E-state index in [2.05, 4.69) is 36.3 Å². The van der Waals surface area contributed by atoms with Gasteiger partial charge < -0.3 is 0 Å². The third-order valence-electron chi connectivity index (χ3n) is 4.51. The van der Waals surface area contributed by atoms with Crippen molar-refractivity contribution in [2.45, 2.75) is 38.5 Å². The highest BCUT2D eigenvalue weighted by Crippen LogP contribution is 2.28. The third-order valence-corrected chi connectivity index (χ3v) is 4.51. The Balaban J connectivity index is 1.64. The van der Waals surface area contributed by atoms with Crippen LogP contribution in [0.15, 0.2) is 55.8 Å². The molecule has 0 bridgehead atoms. The van der Waals surface area contributed by atoms with E-state index in [-0.39, 0.29) is 0 Å². The van der Waals surface area contributed by atoms with Gasteiger partial charge in [-0.25, -0.2) is 0 Å². The van der Waals surface area contributed by atoms with Gasteiger partial charge in [-0.05, 0) is 78.5 Å². The monoisotopic (exact) mass is 289 g/mol. The molecule has 1 heterocycles. The molecule has 0 atom stereocenters. The summed E-state index contributed by atoms with van der Waals surface area (Å²) >= 11 is 0. The number of hydrogen-bond donors (Lipinski definition) is 0. The van der Waals surface area contributed by atoms with E-state index < -0.39 is 0 Å². The highest BCUT2D eigenvalue weighted by atomic mass is 14.7. The molecule has 0 unspecified atom stereocenters. The van der Waals surface area contributed by atoms with Gasteiger partial charge >= 0.3 is 0 Å².